The van der Waals surface area contributed by atoms with Crippen LogP contribution in [0.3, 0.4) is 0 Å². The zero-order chi connectivity index (χ0) is 14.1. The molecule has 1 aliphatic rings. The van der Waals surface area contributed by atoms with Gasteiger partial charge in [-0.2, -0.15) is 0 Å². The van der Waals surface area contributed by atoms with Gasteiger partial charge in [0.2, 0.25) is 0 Å². The second kappa shape index (κ2) is 4.98. The minimum absolute atomic E-state index is 0.0721. The number of carbonyl (C=O) groups excluding carboxylic acids is 1. The van der Waals surface area contributed by atoms with E-state index in [9.17, 15) is 9.90 Å². The van der Waals surface area contributed by atoms with Crippen molar-refractivity contribution in [1.82, 2.24) is 0 Å². The summed E-state index contributed by atoms with van der Waals surface area (Å²) in [4.78, 5) is 12.2. The van der Waals surface area contributed by atoms with Gasteiger partial charge in [0.25, 0.3) is 5.91 Å². The number of anilines is 1. The molecule has 1 aliphatic heterocycles. The highest BCUT2D eigenvalue weighted by molar-refractivity contribution is 6.05. The van der Waals surface area contributed by atoms with E-state index >= 15 is 0 Å². The molecule has 0 bridgehead atoms. The number of phenolic OH excluding ortho intramolecular Hbond substituents is 1. The van der Waals surface area contributed by atoms with Gasteiger partial charge < -0.3 is 15.2 Å². The maximum atomic E-state index is 12.2. The van der Waals surface area contributed by atoms with Gasteiger partial charge in [0.05, 0.1) is 18.9 Å². The predicted molar refractivity (Wildman–Crippen MR) is 75.7 cm³/mol. The molecule has 20 heavy (non-hydrogen) atoms. The maximum Gasteiger partial charge on any atom is 0.255 e. The standard InChI is InChI=1S/C16H15NO3/c1-10-2-5-14(15(18)6-10)17-16(19)11-3-4-12-8-20-9-13(12)7-11/h2-7,18H,8-9H2,1H3,(H,17,19). The first kappa shape index (κ1) is 12.7. The normalized spacial score (nSPS) is 13.1. The molecule has 3 rings (SSSR count). The van der Waals surface area contributed by atoms with Gasteiger partial charge in [-0.25, -0.2) is 0 Å². The van der Waals surface area contributed by atoms with Crippen molar-refractivity contribution in [2.45, 2.75) is 20.1 Å². The van der Waals surface area contributed by atoms with Crippen LogP contribution in [-0.4, -0.2) is 11.0 Å². The number of nitrogens with one attached hydrogen (secondary N) is 1. The lowest BCUT2D eigenvalue weighted by Crippen LogP contribution is -2.12. The molecule has 0 fully saturated rings. The Morgan fingerprint density at radius 1 is 1.15 bits per heavy atom. The van der Waals surface area contributed by atoms with Crippen LogP contribution in [0, 0.1) is 6.92 Å². The summed E-state index contributed by atoms with van der Waals surface area (Å²) < 4.78 is 5.33. The number of fused-ring (bicyclic) bond motifs is 1. The number of hydrogen-bond donors (Lipinski definition) is 2. The molecule has 2 aromatic carbocycles. The SMILES string of the molecule is Cc1ccc(NC(=O)c2ccc3c(c2)COC3)c(O)c1. The van der Waals surface area contributed by atoms with Gasteiger partial charge in [-0.05, 0) is 47.9 Å². The molecule has 0 atom stereocenters. The van der Waals surface area contributed by atoms with Gasteiger partial charge in [-0.15, -0.1) is 0 Å². The van der Waals surface area contributed by atoms with Crippen LogP contribution < -0.4 is 5.32 Å². The lowest BCUT2D eigenvalue weighted by molar-refractivity contribution is 0.102. The zero-order valence-electron chi connectivity index (χ0n) is 11.1. The summed E-state index contributed by atoms with van der Waals surface area (Å²) in [6.45, 7) is 3.04. The van der Waals surface area contributed by atoms with Crippen molar-refractivity contribution in [1.29, 1.82) is 0 Å². The Bertz CT molecular complexity index is 679. The van der Waals surface area contributed by atoms with E-state index in [2.05, 4.69) is 5.32 Å². The van der Waals surface area contributed by atoms with Gasteiger partial charge in [-0.3, -0.25) is 4.79 Å². The molecule has 0 saturated carbocycles. The number of amides is 1. The number of benzene rings is 2. The molecular formula is C16H15NO3. The molecule has 1 amide bonds. The molecule has 1 heterocycles. The van der Waals surface area contributed by atoms with Crippen molar-refractivity contribution in [2.75, 3.05) is 5.32 Å². The Morgan fingerprint density at radius 3 is 2.75 bits per heavy atom. The monoisotopic (exact) mass is 269 g/mol. The molecule has 4 heteroatoms. The molecule has 2 N–H and O–H groups in total. The summed E-state index contributed by atoms with van der Waals surface area (Å²) in [5, 5.41) is 12.5. The molecule has 102 valence electrons. The molecule has 0 aliphatic carbocycles. The number of rotatable bonds is 2. The zero-order valence-corrected chi connectivity index (χ0v) is 11.1. The molecule has 0 saturated heterocycles. The Labute approximate surface area is 117 Å². The first-order valence-electron chi connectivity index (χ1n) is 6.44. The van der Waals surface area contributed by atoms with Gasteiger partial charge in [0.1, 0.15) is 5.75 Å². The van der Waals surface area contributed by atoms with Crippen LogP contribution in [0.4, 0.5) is 5.69 Å². The summed E-state index contributed by atoms with van der Waals surface area (Å²) in [6, 6.07) is 10.7. The van der Waals surface area contributed by atoms with E-state index in [1.54, 1.807) is 18.2 Å². The third-order valence-electron chi connectivity index (χ3n) is 3.39. The number of aryl methyl sites for hydroxylation is 1. The largest absolute Gasteiger partial charge is 0.506 e. The highest BCUT2D eigenvalue weighted by Crippen LogP contribution is 2.25. The Kier molecular flexibility index (Phi) is 3.16. The van der Waals surface area contributed by atoms with Crippen LogP contribution >= 0.6 is 0 Å². The third kappa shape index (κ3) is 2.38. The van der Waals surface area contributed by atoms with Crippen molar-refractivity contribution in [3.63, 3.8) is 0 Å². The summed E-state index contributed by atoms with van der Waals surface area (Å²) in [6.07, 6.45) is 0. The number of aromatic hydroxyl groups is 1. The van der Waals surface area contributed by atoms with Crippen LogP contribution in [0.5, 0.6) is 5.75 Å². The Balaban J connectivity index is 1.82. The van der Waals surface area contributed by atoms with Gasteiger partial charge >= 0.3 is 0 Å². The van der Waals surface area contributed by atoms with Crippen molar-refractivity contribution in [3.8, 4) is 5.75 Å². The lowest BCUT2D eigenvalue weighted by Gasteiger charge is -2.08. The van der Waals surface area contributed by atoms with Crippen LogP contribution in [-0.2, 0) is 18.0 Å². The number of phenols is 1. The van der Waals surface area contributed by atoms with E-state index in [1.807, 2.05) is 25.1 Å². The van der Waals surface area contributed by atoms with Crippen molar-refractivity contribution in [3.05, 3.63) is 58.7 Å². The second-order valence-corrected chi connectivity index (χ2v) is 4.95. The van der Waals surface area contributed by atoms with Crippen molar-refractivity contribution in [2.24, 2.45) is 0 Å². The summed E-state index contributed by atoms with van der Waals surface area (Å²) in [7, 11) is 0. The van der Waals surface area contributed by atoms with Crippen LogP contribution in [0.25, 0.3) is 0 Å². The number of carbonyl (C=O) groups is 1. The maximum absolute atomic E-state index is 12.2. The molecule has 2 aromatic rings. The van der Waals surface area contributed by atoms with Gasteiger partial charge in [0, 0.05) is 5.56 Å². The van der Waals surface area contributed by atoms with E-state index < -0.39 is 0 Å². The average Bonchev–Trinajstić information content (AvgIpc) is 2.89. The quantitative estimate of drug-likeness (QED) is 0.824. The van der Waals surface area contributed by atoms with E-state index in [-0.39, 0.29) is 11.7 Å². The fourth-order valence-corrected chi connectivity index (χ4v) is 2.26. The Morgan fingerprint density at radius 2 is 1.95 bits per heavy atom. The van der Waals surface area contributed by atoms with Crippen molar-refractivity contribution < 1.29 is 14.6 Å². The molecule has 0 spiro atoms. The second-order valence-electron chi connectivity index (χ2n) is 4.95. The van der Waals surface area contributed by atoms with E-state index in [4.69, 9.17) is 4.74 Å². The van der Waals surface area contributed by atoms with Crippen LogP contribution in [0.1, 0.15) is 27.0 Å². The van der Waals surface area contributed by atoms with E-state index in [1.165, 1.54) is 0 Å². The molecular weight excluding hydrogens is 254 g/mol. The van der Waals surface area contributed by atoms with Gasteiger partial charge in [-0.1, -0.05) is 12.1 Å². The lowest BCUT2D eigenvalue weighted by atomic mass is 10.1. The topological polar surface area (TPSA) is 58.6 Å². The fourth-order valence-electron chi connectivity index (χ4n) is 2.26. The summed E-state index contributed by atoms with van der Waals surface area (Å²) >= 11 is 0. The molecule has 0 aromatic heterocycles. The van der Waals surface area contributed by atoms with Crippen molar-refractivity contribution >= 4 is 11.6 Å². The average molecular weight is 269 g/mol. The van der Waals surface area contributed by atoms with Crippen LogP contribution in [0.2, 0.25) is 0 Å². The fraction of sp³-hybridized carbons (Fsp3) is 0.188. The Hall–Kier alpha value is -2.33. The molecule has 0 unspecified atom stereocenters. The number of ether oxygens (including phenoxy) is 1. The molecule has 4 nitrogen and oxygen atoms in total. The smallest absolute Gasteiger partial charge is 0.255 e. The molecule has 0 radical (unpaired) electrons. The van der Waals surface area contributed by atoms with Crippen LogP contribution in [0.15, 0.2) is 36.4 Å². The predicted octanol–water partition coefficient (Wildman–Crippen LogP) is 2.98. The van der Waals surface area contributed by atoms with E-state index in [0.29, 0.717) is 24.5 Å². The highest BCUT2D eigenvalue weighted by Gasteiger charge is 2.15. The summed E-state index contributed by atoms with van der Waals surface area (Å²) in [5.41, 5.74) is 4.09. The van der Waals surface area contributed by atoms with Gasteiger partial charge in [0.15, 0.2) is 0 Å². The minimum Gasteiger partial charge on any atom is -0.506 e. The first-order chi connectivity index (χ1) is 9.63. The highest BCUT2D eigenvalue weighted by atomic mass is 16.5. The first-order valence-corrected chi connectivity index (χ1v) is 6.44. The van der Waals surface area contributed by atoms with E-state index in [0.717, 1.165) is 16.7 Å². The minimum atomic E-state index is -0.237. The number of hydrogen-bond acceptors (Lipinski definition) is 3. The third-order valence-corrected chi connectivity index (χ3v) is 3.39. The summed E-state index contributed by atoms with van der Waals surface area (Å²) in [5.74, 6) is -0.165.